The second-order valence-corrected chi connectivity index (χ2v) is 11.1. The number of hydrogen-bond donors (Lipinski definition) is 1. The second kappa shape index (κ2) is 12.6. The van der Waals surface area contributed by atoms with Crippen LogP contribution in [0.5, 0.6) is 0 Å². The van der Waals surface area contributed by atoms with Gasteiger partial charge in [-0.25, -0.2) is 17.2 Å². The molecule has 38 heavy (non-hydrogen) atoms. The first-order valence-corrected chi connectivity index (χ1v) is 13.9. The maximum atomic E-state index is 14.6. The van der Waals surface area contributed by atoms with Gasteiger partial charge in [0.2, 0.25) is 21.8 Å². The molecule has 0 saturated carbocycles. The SMILES string of the molecule is CC(C)NC(=O)C(Cc1ccccc1)N(Cc1ccc(F)cc1)C(=O)CN(c1ccccc1F)S(C)(=O)=O. The van der Waals surface area contributed by atoms with Crippen LogP contribution in [0.25, 0.3) is 0 Å². The Morgan fingerprint density at radius 2 is 1.47 bits per heavy atom. The maximum absolute atomic E-state index is 14.6. The van der Waals surface area contributed by atoms with Gasteiger partial charge in [-0.1, -0.05) is 54.6 Å². The molecule has 1 atom stereocenters. The number of sulfonamides is 1. The Morgan fingerprint density at radius 3 is 2.05 bits per heavy atom. The molecule has 202 valence electrons. The first kappa shape index (κ1) is 28.8. The van der Waals surface area contributed by atoms with Crippen molar-refractivity contribution in [3.63, 3.8) is 0 Å². The number of anilines is 1. The molecule has 10 heteroatoms. The molecule has 3 rings (SSSR count). The minimum atomic E-state index is -4.08. The van der Waals surface area contributed by atoms with Gasteiger partial charge in [0.1, 0.15) is 24.2 Å². The Hall–Kier alpha value is -3.79. The number of para-hydroxylation sites is 1. The molecule has 0 fully saturated rings. The summed E-state index contributed by atoms with van der Waals surface area (Å²) in [6.45, 7) is 2.73. The first-order valence-electron chi connectivity index (χ1n) is 12.1. The van der Waals surface area contributed by atoms with E-state index in [4.69, 9.17) is 0 Å². The summed E-state index contributed by atoms with van der Waals surface area (Å²) in [5.74, 6) is -2.43. The quantitative estimate of drug-likeness (QED) is 0.398. The molecule has 2 amide bonds. The molecule has 7 nitrogen and oxygen atoms in total. The summed E-state index contributed by atoms with van der Waals surface area (Å²) in [6.07, 6.45) is 1.02. The van der Waals surface area contributed by atoms with Crippen LogP contribution in [0.2, 0.25) is 0 Å². The lowest BCUT2D eigenvalue weighted by molar-refractivity contribution is -0.140. The fourth-order valence-corrected chi connectivity index (χ4v) is 4.82. The van der Waals surface area contributed by atoms with Crippen molar-refractivity contribution in [1.82, 2.24) is 10.2 Å². The largest absolute Gasteiger partial charge is 0.352 e. The van der Waals surface area contributed by atoms with Crippen LogP contribution in [-0.4, -0.2) is 50.0 Å². The van der Waals surface area contributed by atoms with Crippen LogP contribution in [0.3, 0.4) is 0 Å². The first-order chi connectivity index (χ1) is 18.0. The molecule has 3 aromatic rings. The molecule has 0 heterocycles. The van der Waals surface area contributed by atoms with E-state index in [0.29, 0.717) is 9.87 Å². The molecule has 0 bridgehead atoms. The molecule has 0 aromatic heterocycles. The van der Waals surface area contributed by atoms with Gasteiger partial charge in [0.15, 0.2) is 0 Å². The highest BCUT2D eigenvalue weighted by molar-refractivity contribution is 7.92. The number of hydrogen-bond acceptors (Lipinski definition) is 4. The third kappa shape index (κ3) is 7.85. The van der Waals surface area contributed by atoms with Crippen LogP contribution < -0.4 is 9.62 Å². The second-order valence-electron chi connectivity index (χ2n) is 9.24. The minimum absolute atomic E-state index is 0.100. The van der Waals surface area contributed by atoms with Crippen molar-refractivity contribution >= 4 is 27.5 Å². The van der Waals surface area contributed by atoms with Crippen molar-refractivity contribution in [2.75, 3.05) is 17.1 Å². The monoisotopic (exact) mass is 543 g/mol. The van der Waals surface area contributed by atoms with Gasteiger partial charge in [0.05, 0.1) is 11.9 Å². The number of nitrogens with zero attached hydrogens (tertiary/aromatic N) is 2. The average molecular weight is 544 g/mol. The summed E-state index contributed by atoms with van der Waals surface area (Å²) in [6, 6.07) is 18.5. The summed E-state index contributed by atoms with van der Waals surface area (Å²) in [4.78, 5) is 28.5. The number of rotatable bonds is 11. The Balaban J connectivity index is 2.06. The molecule has 0 aliphatic rings. The van der Waals surface area contributed by atoms with Gasteiger partial charge in [-0.15, -0.1) is 0 Å². The number of nitrogens with one attached hydrogen (secondary N) is 1. The molecule has 0 radical (unpaired) electrons. The zero-order chi connectivity index (χ0) is 27.9. The molecular weight excluding hydrogens is 512 g/mol. The lowest BCUT2D eigenvalue weighted by Gasteiger charge is -2.34. The molecule has 3 aromatic carbocycles. The number of carbonyl (C=O) groups is 2. The summed E-state index contributed by atoms with van der Waals surface area (Å²) < 4.78 is 54.1. The van der Waals surface area contributed by atoms with Crippen LogP contribution in [0.1, 0.15) is 25.0 Å². The van der Waals surface area contributed by atoms with Crippen molar-refractivity contribution in [3.8, 4) is 0 Å². The van der Waals surface area contributed by atoms with Crippen molar-refractivity contribution in [2.45, 2.75) is 38.9 Å². The Bertz CT molecular complexity index is 1350. The molecule has 0 aliphatic heterocycles. The van der Waals surface area contributed by atoms with E-state index < -0.39 is 46.1 Å². The van der Waals surface area contributed by atoms with E-state index in [1.165, 1.54) is 47.4 Å². The highest BCUT2D eigenvalue weighted by Gasteiger charge is 2.33. The zero-order valence-corrected chi connectivity index (χ0v) is 22.3. The van der Waals surface area contributed by atoms with Gasteiger partial charge in [-0.3, -0.25) is 13.9 Å². The summed E-state index contributed by atoms with van der Waals surface area (Å²) in [5.41, 5.74) is 1.03. The van der Waals surface area contributed by atoms with Gasteiger partial charge in [0.25, 0.3) is 0 Å². The van der Waals surface area contributed by atoms with E-state index in [9.17, 15) is 26.8 Å². The third-order valence-electron chi connectivity index (χ3n) is 5.77. The summed E-state index contributed by atoms with van der Waals surface area (Å²) >= 11 is 0. The van der Waals surface area contributed by atoms with Gasteiger partial charge >= 0.3 is 0 Å². The maximum Gasteiger partial charge on any atom is 0.244 e. The van der Waals surface area contributed by atoms with Gasteiger partial charge in [0, 0.05) is 19.0 Å². The standard InChI is InChI=1S/C28H31F2N3O4S/c1-20(2)31-28(35)26(17-21-9-5-4-6-10-21)32(18-22-13-15-23(29)16-14-22)27(34)19-33(38(3,36)37)25-12-8-7-11-24(25)30/h4-16,20,26H,17-19H2,1-3H3,(H,31,35). The third-order valence-corrected chi connectivity index (χ3v) is 6.90. The van der Waals surface area contributed by atoms with E-state index in [-0.39, 0.29) is 24.7 Å². The molecule has 0 aliphatic carbocycles. The predicted octanol–water partition coefficient (Wildman–Crippen LogP) is 3.90. The molecule has 0 saturated heterocycles. The van der Waals surface area contributed by atoms with Crippen molar-refractivity contribution in [2.24, 2.45) is 0 Å². The van der Waals surface area contributed by atoms with Crippen LogP contribution in [-0.2, 0) is 32.6 Å². The van der Waals surface area contributed by atoms with Gasteiger partial charge in [-0.2, -0.15) is 0 Å². The van der Waals surface area contributed by atoms with Crippen molar-refractivity contribution in [1.29, 1.82) is 0 Å². The topological polar surface area (TPSA) is 86.8 Å². The van der Waals surface area contributed by atoms with E-state index in [1.54, 1.807) is 13.8 Å². The lowest BCUT2D eigenvalue weighted by atomic mass is 10.0. The van der Waals surface area contributed by atoms with Crippen LogP contribution in [0.15, 0.2) is 78.9 Å². The highest BCUT2D eigenvalue weighted by atomic mass is 32.2. The van der Waals surface area contributed by atoms with Crippen LogP contribution in [0, 0.1) is 11.6 Å². The number of carbonyl (C=O) groups excluding carboxylic acids is 2. The zero-order valence-electron chi connectivity index (χ0n) is 21.5. The summed E-state index contributed by atoms with van der Waals surface area (Å²) in [7, 11) is -4.08. The number of amides is 2. The molecule has 1 unspecified atom stereocenters. The predicted molar refractivity (Wildman–Crippen MR) is 143 cm³/mol. The Morgan fingerprint density at radius 1 is 0.868 bits per heavy atom. The smallest absolute Gasteiger partial charge is 0.244 e. The normalized spacial score (nSPS) is 12.2. The fraction of sp³-hybridized carbons (Fsp3) is 0.286. The van der Waals surface area contributed by atoms with Crippen molar-refractivity contribution in [3.05, 3.63) is 102 Å². The Labute approximate surface area is 222 Å². The molecular formula is C28H31F2N3O4S. The van der Waals surface area contributed by atoms with Crippen LogP contribution in [0.4, 0.5) is 14.5 Å². The molecule has 0 spiro atoms. The van der Waals surface area contributed by atoms with Crippen molar-refractivity contribution < 1.29 is 26.8 Å². The van der Waals surface area contributed by atoms with E-state index >= 15 is 0 Å². The van der Waals surface area contributed by atoms with E-state index in [0.717, 1.165) is 17.9 Å². The van der Waals surface area contributed by atoms with E-state index in [2.05, 4.69) is 5.32 Å². The van der Waals surface area contributed by atoms with Gasteiger partial charge < -0.3 is 10.2 Å². The molecule has 1 N–H and O–H groups in total. The minimum Gasteiger partial charge on any atom is -0.352 e. The van der Waals surface area contributed by atoms with E-state index in [1.807, 2.05) is 30.3 Å². The lowest BCUT2D eigenvalue weighted by Crippen LogP contribution is -2.54. The van der Waals surface area contributed by atoms with Crippen LogP contribution >= 0.6 is 0 Å². The number of benzene rings is 3. The fourth-order valence-electron chi connectivity index (χ4n) is 3.97. The number of halogens is 2. The highest BCUT2D eigenvalue weighted by Crippen LogP contribution is 2.23. The average Bonchev–Trinajstić information content (AvgIpc) is 2.85. The Kier molecular flexibility index (Phi) is 9.57. The van der Waals surface area contributed by atoms with Gasteiger partial charge in [-0.05, 0) is 49.2 Å². The summed E-state index contributed by atoms with van der Waals surface area (Å²) in [5, 5.41) is 2.83.